The van der Waals surface area contributed by atoms with Crippen molar-refractivity contribution < 1.29 is 9.26 Å². The molecule has 0 fully saturated rings. The minimum absolute atomic E-state index is 0.373. The van der Waals surface area contributed by atoms with Gasteiger partial charge in [0.2, 0.25) is 0 Å². The lowest BCUT2D eigenvalue weighted by Crippen LogP contribution is -2.25. The first kappa shape index (κ1) is 16.1. The van der Waals surface area contributed by atoms with Crippen LogP contribution in [0.25, 0.3) is 0 Å². The molecule has 0 saturated heterocycles. The number of ether oxygens (including phenoxy) is 1. The van der Waals surface area contributed by atoms with Crippen molar-refractivity contribution >= 4 is 0 Å². The molecule has 23 heavy (non-hydrogen) atoms. The molecule has 1 aliphatic carbocycles. The van der Waals surface area contributed by atoms with Gasteiger partial charge in [0.05, 0.1) is 12.8 Å². The first-order chi connectivity index (χ1) is 11.3. The summed E-state index contributed by atoms with van der Waals surface area (Å²) in [5, 5.41) is 7.93. The number of rotatable bonds is 6. The number of methoxy groups -OCH3 is 1. The van der Waals surface area contributed by atoms with E-state index in [0.29, 0.717) is 6.04 Å². The van der Waals surface area contributed by atoms with Crippen molar-refractivity contribution in [1.29, 1.82) is 0 Å². The van der Waals surface area contributed by atoms with Gasteiger partial charge in [0.25, 0.3) is 0 Å². The van der Waals surface area contributed by atoms with Crippen molar-refractivity contribution in [3.05, 3.63) is 46.3 Å². The van der Waals surface area contributed by atoms with E-state index >= 15 is 0 Å². The molecule has 0 saturated carbocycles. The van der Waals surface area contributed by atoms with Gasteiger partial charge >= 0.3 is 0 Å². The van der Waals surface area contributed by atoms with Crippen LogP contribution < -0.4 is 10.1 Å². The Balaban J connectivity index is 1.80. The third-order valence-corrected chi connectivity index (χ3v) is 4.82. The molecule has 1 atom stereocenters. The van der Waals surface area contributed by atoms with Crippen LogP contribution in [0.15, 0.2) is 22.7 Å². The number of hydrogen-bond donors (Lipinski definition) is 1. The molecule has 3 rings (SSSR count). The maximum absolute atomic E-state index is 5.53. The third kappa shape index (κ3) is 3.13. The number of aryl methyl sites for hydroxylation is 2. The topological polar surface area (TPSA) is 47.3 Å². The van der Waals surface area contributed by atoms with E-state index in [1.165, 1.54) is 23.1 Å². The van der Waals surface area contributed by atoms with Crippen LogP contribution >= 0.6 is 0 Å². The Labute approximate surface area is 138 Å². The lowest BCUT2D eigenvalue weighted by atomic mass is 9.87. The summed E-state index contributed by atoms with van der Waals surface area (Å²) in [6, 6.07) is 6.75. The third-order valence-electron chi connectivity index (χ3n) is 4.82. The number of aromatic nitrogens is 1. The summed E-state index contributed by atoms with van der Waals surface area (Å²) in [7, 11) is 1.75. The maximum atomic E-state index is 5.53. The van der Waals surface area contributed by atoms with Crippen LogP contribution in [0.3, 0.4) is 0 Å². The molecule has 0 amide bonds. The van der Waals surface area contributed by atoms with Gasteiger partial charge in [-0.25, -0.2) is 0 Å². The summed E-state index contributed by atoms with van der Waals surface area (Å²) >= 11 is 0. The maximum Gasteiger partial charge on any atom is 0.141 e. The van der Waals surface area contributed by atoms with Crippen molar-refractivity contribution in [2.45, 2.75) is 58.5 Å². The number of nitrogens with zero attached hydrogens (tertiary/aromatic N) is 1. The SMILES string of the molecule is CCc1noc(CC)c1CNC1CCCc2c(OC)cccc21. The van der Waals surface area contributed by atoms with E-state index in [1.54, 1.807) is 7.11 Å². The van der Waals surface area contributed by atoms with E-state index < -0.39 is 0 Å². The minimum atomic E-state index is 0.373. The van der Waals surface area contributed by atoms with E-state index in [2.05, 4.69) is 42.5 Å². The Morgan fingerprint density at radius 1 is 1.30 bits per heavy atom. The fourth-order valence-corrected chi connectivity index (χ4v) is 3.58. The highest BCUT2D eigenvalue weighted by atomic mass is 16.5. The van der Waals surface area contributed by atoms with E-state index in [4.69, 9.17) is 9.26 Å². The fraction of sp³-hybridized carbons (Fsp3) is 0.526. The summed E-state index contributed by atoms with van der Waals surface area (Å²) < 4.78 is 11.0. The predicted octanol–water partition coefficient (Wildman–Crippen LogP) is 3.98. The lowest BCUT2D eigenvalue weighted by Gasteiger charge is -2.27. The zero-order valence-electron chi connectivity index (χ0n) is 14.3. The summed E-state index contributed by atoms with van der Waals surface area (Å²) in [5.41, 5.74) is 5.06. The average molecular weight is 314 g/mol. The second-order valence-corrected chi connectivity index (χ2v) is 6.09. The van der Waals surface area contributed by atoms with Crippen molar-refractivity contribution in [1.82, 2.24) is 10.5 Å². The molecule has 1 aromatic carbocycles. The predicted molar refractivity (Wildman–Crippen MR) is 90.8 cm³/mol. The Bertz CT molecular complexity index is 642. The molecule has 0 radical (unpaired) electrons. The minimum Gasteiger partial charge on any atom is -0.496 e. The molecule has 124 valence electrons. The van der Waals surface area contributed by atoms with Crippen molar-refractivity contribution in [2.75, 3.05) is 7.11 Å². The van der Waals surface area contributed by atoms with Crippen LogP contribution in [0.4, 0.5) is 0 Å². The lowest BCUT2D eigenvalue weighted by molar-refractivity contribution is 0.378. The van der Waals surface area contributed by atoms with Crippen LogP contribution in [0.1, 0.15) is 60.9 Å². The van der Waals surface area contributed by atoms with Gasteiger partial charge in [0.1, 0.15) is 11.5 Å². The molecule has 2 aromatic rings. The largest absolute Gasteiger partial charge is 0.496 e. The van der Waals surface area contributed by atoms with E-state index in [9.17, 15) is 0 Å². The van der Waals surface area contributed by atoms with E-state index in [0.717, 1.165) is 49.4 Å². The molecule has 1 aromatic heterocycles. The number of nitrogens with one attached hydrogen (secondary N) is 1. The molecule has 1 aliphatic rings. The zero-order valence-corrected chi connectivity index (χ0v) is 14.3. The summed E-state index contributed by atoms with van der Waals surface area (Å²) in [5.74, 6) is 2.03. The molecular formula is C19H26N2O2. The van der Waals surface area contributed by atoms with Crippen LogP contribution in [0.5, 0.6) is 5.75 Å². The quantitative estimate of drug-likeness (QED) is 0.876. The van der Waals surface area contributed by atoms with Gasteiger partial charge in [0.15, 0.2) is 0 Å². The number of fused-ring (bicyclic) bond motifs is 1. The normalized spacial score (nSPS) is 17.1. The smallest absolute Gasteiger partial charge is 0.141 e. The van der Waals surface area contributed by atoms with Gasteiger partial charge in [-0.05, 0) is 42.9 Å². The second-order valence-electron chi connectivity index (χ2n) is 6.09. The van der Waals surface area contributed by atoms with Crippen molar-refractivity contribution in [3.8, 4) is 5.75 Å². The molecule has 4 heteroatoms. The molecule has 0 bridgehead atoms. The zero-order chi connectivity index (χ0) is 16.2. The van der Waals surface area contributed by atoms with Crippen LogP contribution in [-0.2, 0) is 25.8 Å². The molecule has 1 N–H and O–H groups in total. The van der Waals surface area contributed by atoms with Gasteiger partial charge in [-0.3, -0.25) is 0 Å². The first-order valence-electron chi connectivity index (χ1n) is 8.63. The van der Waals surface area contributed by atoms with Crippen molar-refractivity contribution in [3.63, 3.8) is 0 Å². The summed E-state index contributed by atoms with van der Waals surface area (Å²) in [6.45, 7) is 5.06. The first-order valence-corrected chi connectivity index (χ1v) is 8.63. The average Bonchev–Trinajstić information content (AvgIpc) is 3.01. The number of benzene rings is 1. The van der Waals surface area contributed by atoms with E-state index in [-0.39, 0.29) is 0 Å². The Hall–Kier alpha value is -1.81. The molecule has 0 aliphatic heterocycles. The van der Waals surface area contributed by atoms with Gasteiger partial charge in [-0.15, -0.1) is 0 Å². The molecule has 4 nitrogen and oxygen atoms in total. The molecule has 1 unspecified atom stereocenters. The Kier molecular flexibility index (Phi) is 5.01. The highest BCUT2D eigenvalue weighted by Gasteiger charge is 2.23. The van der Waals surface area contributed by atoms with Gasteiger partial charge < -0.3 is 14.6 Å². The fourth-order valence-electron chi connectivity index (χ4n) is 3.58. The van der Waals surface area contributed by atoms with Gasteiger partial charge in [-0.2, -0.15) is 0 Å². The van der Waals surface area contributed by atoms with Crippen LogP contribution in [0.2, 0.25) is 0 Å². The Morgan fingerprint density at radius 2 is 2.17 bits per heavy atom. The number of hydrogen-bond acceptors (Lipinski definition) is 4. The van der Waals surface area contributed by atoms with Gasteiger partial charge in [0, 0.05) is 24.6 Å². The van der Waals surface area contributed by atoms with Crippen LogP contribution in [-0.4, -0.2) is 12.3 Å². The van der Waals surface area contributed by atoms with Crippen molar-refractivity contribution in [2.24, 2.45) is 0 Å². The Morgan fingerprint density at radius 3 is 2.91 bits per heavy atom. The standard InChI is InChI=1S/C19H26N2O2/c1-4-16-15(18(5-2)23-21-16)12-20-17-10-6-9-14-13(17)8-7-11-19(14)22-3/h7-8,11,17,20H,4-6,9-10,12H2,1-3H3. The molecule has 1 heterocycles. The van der Waals surface area contributed by atoms with Crippen LogP contribution in [0, 0.1) is 0 Å². The van der Waals surface area contributed by atoms with Gasteiger partial charge in [-0.1, -0.05) is 31.1 Å². The summed E-state index contributed by atoms with van der Waals surface area (Å²) in [4.78, 5) is 0. The molecular weight excluding hydrogens is 288 g/mol. The highest BCUT2D eigenvalue weighted by molar-refractivity contribution is 5.43. The summed E-state index contributed by atoms with van der Waals surface area (Å²) in [6.07, 6.45) is 5.25. The monoisotopic (exact) mass is 314 g/mol. The van der Waals surface area contributed by atoms with E-state index in [1.807, 2.05) is 0 Å². The second kappa shape index (κ2) is 7.18. The highest BCUT2D eigenvalue weighted by Crippen LogP contribution is 2.35. The molecule has 0 spiro atoms.